The topological polar surface area (TPSA) is 24.9 Å². The molecule has 2 radical (unpaired) electrons. The summed E-state index contributed by atoms with van der Waals surface area (Å²) < 4.78 is 0. The van der Waals surface area contributed by atoms with Gasteiger partial charge in [-0.05, 0) is 18.6 Å². The molecule has 0 amide bonds. The van der Waals surface area contributed by atoms with Gasteiger partial charge in [-0.15, -0.1) is 6.58 Å². The van der Waals surface area contributed by atoms with Crippen LogP contribution in [0.4, 0.5) is 5.69 Å². The second kappa shape index (κ2) is 4.60. The maximum absolute atomic E-state index is 5.60. The lowest BCUT2D eigenvalue weighted by Crippen LogP contribution is -2.15. The summed E-state index contributed by atoms with van der Waals surface area (Å²) in [6.45, 7) is 4.47. The highest BCUT2D eigenvalue weighted by Crippen LogP contribution is 1.98. The first-order chi connectivity index (χ1) is 5.84. The summed E-state index contributed by atoms with van der Waals surface area (Å²) >= 11 is 0. The molecular formula is C9H11BN2. The third-order valence-corrected chi connectivity index (χ3v) is 1.50. The Balaban J connectivity index is 2.51. The second-order valence-corrected chi connectivity index (χ2v) is 2.44. The number of hydrogen-bond acceptors (Lipinski definition) is 2. The summed E-state index contributed by atoms with van der Waals surface area (Å²) in [5, 5.41) is 3.16. The second-order valence-electron chi connectivity index (χ2n) is 2.44. The largest absolute Gasteiger partial charge is 0.384 e. The molecule has 0 aliphatic heterocycles. The van der Waals surface area contributed by atoms with Gasteiger partial charge in [0.25, 0.3) is 0 Å². The first-order valence-corrected chi connectivity index (χ1v) is 3.90. The Morgan fingerprint density at radius 2 is 2.50 bits per heavy atom. The number of aromatic nitrogens is 1. The van der Waals surface area contributed by atoms with Gasteiger partial charge in [-0.3, -0.25) is 4.98 Å². The number of hydrogen-bond donors (Lipinski definition) is 1. The van der Waals surface area contributed by atoms with Gasteiger partial charge in [-0.2, -0.15) is 0 Å². The van der Waals surface area contributed by atoms with Gasteiger partial charge in [0.1, 0.15) is 7.85 Å². The van der Waals surface area contributed by atoms with Crippen LogP contribution in [0.5, 0.6) is 0 Å². The first kappa shape index (κ1) is 8.85. The Kier molecular flexibility index (Phi) is 3.39. The van der Waals surface area contributed by atoms with Gasteiger partial charge in [0.2, 0.25) is 0 Å². The predicted octanol–water partition coefficient (Wildman–Crippen LogP) is 0.863. The summed E-state index contributed by atoms with van der Waals surface area (Å²) in [4.78, 5) is 3.95. The van der Waals surface area contributed by atoms with E-state index in [-0.39, 0.29) is 0 Å². The van der Waals surface area contributed by atoms with Crippen LogP contribution in [-0.2, 0) is 0 Å². The molecule has 1 aromatic rings. The van der Waals surface area contributed by atoms with E-state index < -0.39 is 0 Å². The molecular weight excluding hydrogens is 147 g/mol. The van der Waals surface area contributed by atoms with Crippen LogP contribution in [-0.4, -0.2) is 19.4 Å². The fraction of sp³-hybridized carbons (Fsp3) is 0.222. The van der Waals surface area contributed by atoms with Crippen molar-refractivity contribution in [2.24, 2.45) is 0 Å². The van der Waals surface area contributed by atoms with E-state index in [1.807, 2.05) is 18.2 Å². The standard InChI is InChI=1S/C9H11BN2/c1-2-3-6-11-8-5-4-7-12-9(8)10/h2,4-5,7,11H,1,3,6H2. The van der Waals surface area contributed by atoms with Crippen LogP contribution >= 0.6 is 0 Å². The number of anilines is 1. The number of rotatable bonds is 4. The van der Waals surface area contributed by atoms with E-state index >= 15 is 0 Å². The quantitative estimate of drug-likeness (QED) is 0.399. The van der Waals surface area contributed by atoms with E-state index in [9.17, 15) is 0 Å². The van der Waals surface area contributed by atoms with Crippen LogP contribution in [0.2, 0.25) is 0 Å². The van der Waals surface area contributed by atoms with Crippen LogP contribution in [0.1, 0.15) is 6.42 Å². The fourth-order valence-corrected chi connectivity index (χ4v) is 0.876. The normalized spacial score (nSPS) is 9.33. The Hall–Kier alpha value is -1.25. The van der Waals surface area contributed by atoms with E-state index in [1.54, 1.807) is 6.20 Å². The Bertz CT molecular complexity index is 260. The molecule has 0 saturated heterocycles. The molecule has 3 heteroatoms. The highest BCUT2D eigenvalue weighted by molar-refractivity contribution is 6.34. The van der Waals surface area contributed by atoms with Crippen molar-refractivity contribution < 1.29 is 0 Å². The fourth-order valence-electron chi connectivity index (χ4n) is 0.876. The van der Waals surface area contributed by atoms with Gasteiger partial charge in [0.05, 0.1) is 0 Å². The van der Waals surface area contributed by atoms with Gasteiger partial charge in [-0.1, -0.05) is 6.08 Å². The van der Waals surface area contributed by atoms with E-state index in [1.165, 1.54) is 0 Å². The lowest BCUT2D eigenvalue weighted by molar-refractivity contribution is 1.07. The van der Waals surface area contributed by atoms with Gasteiger partial charge in [0, 0.05) is 24.0 Å². The molecule has 0 aromatic carbocycles. The van der Waals surface area contributed by atoms with Crippen LogP contribution in [0.25, 0.3) is 0 Å². The van der Waals surface area contributed by atoms with Crippen LogP contribution < -0.4 is 10.9 Å². The van der Waals surface area contributed by atoms with Gasteiger partial charge >= 0.3 is 0 Å². The smallest absolute Gasteiger partial charge is 0.144 e. The molecule has 0 aliphatic rings. The zero-order chi connectivity index (χ0) is 8.81. The van der Waals surface area contributed by atoms with E-state index in [2.05, 4.69) is 16.9 Å². The predicted molar refractivity (Wildman–Crippen MR) is 52.9 cm³/mol. The van der Waals surface area contributed by atoms with Crippen molar-refractivity contribution in [3.8, 4) is 0 Å². The van der Waals surface area contributed by atoms with Crippen molar-refractivity contribution in [3.05, 3.63) is 31.0 Å². The molecule has 0 fully saturated rings. The van der Waals surface area contributed by atoms with Crippen LogP contribution in [0, 0.1) is 0 Å². The molecule has 0 atom stereocenters. The van der Waals surface area contributed by atoms with Crippen molar-refractivity contribution in [1.29, 1.82) is 0 Å². The summed E-state index contributed by atoms with van der Waals surface area (Å²) in [7, 11) is 5.60. The molecule has 1 N–H and O–H groups in total. The average molecular weight is 158 g/mol. The van der Waals surface area contributed by atoms with Crippen LogP contribution in [0.3, 0.4) is 0 Å². The zero-order valence-electron chi connectivity index (χ0n) is 6.96. The molecule has 1 rings (SSSR count). The molecule has 60 valence electrons. The van der Waals surface area contributed by atoms with Crippen LogP contribution in [0.15, 0.2) is 31.0 Å². The zero-order valence-corrected chi connectivity index (χ0v) is 6.96. The lowest BCUT2D eigenvalue weighted by atomic mass is 10.0. The maximum Gasteiger partial charge on any atom is 0.144 e. The Labute approximate surface area is 74.1 Å². The summed E-state index contributed by atoms with van der Waals surface area (Å²) in [5.74, 6) is 0. The average Bonchev–Trinajstić information content (AvgIpc) is 2.09. The SMILES string of the molecule is [B]c1ncccc1NCCC=C. The monoisotopic (exact) mass is 158 g/mol. The van der Waals surface area contributed by atoms with Crippen molar-refractivity contribution in [3.63, 3.8) is 0 Å². The molecule has 0 saturated carbocycles. The highest BCUT2D eigenvalue weighted by Gasteiger charge is 1.93. The van der Waals surface area contributed by atoms with Gasteiger partial charge in [0.15, 0.2) is 0 Å². The molecule has 1 heterocycles. The minimum Gasteiger partial charge on any atom is -0.384 e. The van der Waals surface area contributed by atoms with Crippen molar-refractivity contribution in [1.82, 2.24) is 4.98 Å². The van der Waals surface area contributed by atoms with Gasteiger partial charge < -0.3 is 5.32 Å². The number of nitrogens with one attached hydrogen (secondary N) is 1. The molecule has 1 aromatic heterocycles. The van der Waals surface area contributed by atoms with Crippen molar-refractivity contribution >= 4 is 19.1 Å². The first-order valence-electron chi connectivity index (χ1n) is 3.90. The minimum atomic E-state index is 0.543. The molecule has 0 aliphatic carbocycles. The van der Waals surface area contributed by atoms with E-state index in [0.29, 0.717) is 5.59 Å². The lowest BCUT2D eigenvalue weighted by Gasteiger charge is -2.06. The van der Waals surface area contributed by atoms with Gasteiger partial charge in [-0.25, -0.2) is 0 Å². The molecule has 2 nitrogen and oxygen atoms in total. The van der Waals surface area contributed by atoms with Crippen molar-refractivity contribution in [2.45, 2.75) is 6.42 Å². The third kappa shape index (κ3) is 2.42. The van der Waals surface area contributed by atoms with Crippen molar-refractivity contribution in [2.75, 3.05) is 11.9 Å². The molecule has 0 spiro atoms. The molecule has 12 heavy (non-hydrogen) atoms. The summed E-state index contributed by atoms with van der Waals surface area (Å²) in [6, 6.07) is 3.76. The highest BCUT2D eigenvalue weighted by atomic mass is 14.9. The van der Waals surface area contributed by atoms with E-state index in [4.69, 9.17) is 7.85 Å². The molecule has 0 bridgehead atoms. The summed E-state index contributed by atoms with van der Waals surface area (Å²) in [5.41, 5.74) is 1.43. The molecule has 0 unspecified atom stereocenters. The number of pyridine rings is 1. The summed E-state index contributed by atoms with van der Waals surface area (Å²) in [6.07, 6.45) is 4.46. The van der Waals surface area contributed by atoms with E-state index in [0.717, 1.165) is 18.7 Å². The minimum absolute atomic E-state index is 0.543. The third-order valence-electron chi connectivity index (χ3n) is 1.50. The maximum atomic E-state index is 5.60. The Morgan fingerprint density at radius 3 is 3.17 bits per heavy atom. The number of nitrogens with zero attached hydrogens (tertiary/aromatic N) is 1. The Morgan fingerprint density at radius 1 is 1.67 bits per heavy atom.